The molecule has 2 atom stereocenters. The molecular weight excluding hydrogens is 645 g/mol. The minimum atomic E-state index is -6.41. The molecule has 5 rings (SSSR count). The number of benzene rings is 2. The third-order valence-corrected chi connectivity index (χ3v) is 12.0. The van der Waals surface area contributed by atoms with Crippen molar-refractivity contribution in [3.05, 3.63) is 64.7 Å². The Bertz CT molecular complexity index is 1620. The number of likely N-dealkylation sites (tertiary alicyclic amines) is 1. The lowest BCUT2D eigenvalue weighted by Gasteiger charge is -2.44. The predicted octanol–water partition coefficient (Wildman–Crippen LogP) is 6.36. The van der Waals surface area contributed by atoms with Crippen LogP contribution in [0.3, 0.4) is 0 Å². The Morgan fingerprint density at radius 3 is 1.98 bits per heavy atom. The Labute approximate surface area is 251 Å². The SMILES string of the molecule is O=C(O)[C@H]1CC[C@H](C(=O)N2CCC3(S(=O)(=O)c4ccc(F)c(F)c4)c4ccc(C(F)(C(F)(F)F)C(F)(F)F)cc4CCC23)CC1. The first-order chi connectivity index (χ1) is 20.8. The second kappa shape index (κ2) is 10.9. The quantitative estimate of drug-likeness (QED) is 0.295. The number of alkyl halides is 7. The van der Waals surface area contributed by atoms with Crippen LogP contribution in [0, 0.1) is 23.5 Å². The molecule has 16 heteroatoms. The maximum atomic E-state index is 15.0. The van der Waals surface area contributed by atoms with Crippen molar-refractivity contribution in [2.75, 3.05) is 6.54 Å². The Morgan fingerprint density at radius 2 is 1.42 bits per heavy atom. The fourth-order valence-electron chi connectivity index (χ4n) is 7.17. The Balaban J connectivity index is 1.64. The predicted molar refractivity (Wildman–Crippen MR) is 138 cm³/mol. The van der Waals surface area contributed by atoms with Gasteiger partial charge in [-0.1, -0.05) is 18.2 Å². The van der Waals surface area contributed by atoms with Crippen LogP contribution in [0.1, 0.15) is 55.2 Å². The van der Waals surface area contributed by atoms with Gasteiger partial charge in [0.25, 0.3) is 0 Å². The minimum Gasteiger partial charge on any atom is -0.481 e. The highest BCUT2D eigenvalue weighted by atomic mass is 32.2. The number of aliphatic carboxylic acids is 1. The average Bonchev–Trinajstić information content (AvgIpc) is 3.38. The van der Waals surface area contributed by atoms with Gasteiger partial charge in [-0.15, -0.1) is 0 Å². The van der Waals surface area contributed by atoms with Crippen LogP contribution in [0.25, 0.3) is 0 Å². The summed E-state index contributed by atoms with van der Waals surface area (Å²) in [7, 11) is -4.85. The molecule has 2 aromatic carbocycles. The molecule has 1 saturated heterocycles. The molecule has 1 heterocycles. The summed E-state index contributed by atoms with van der Waals surface area (Å²) in [6.45, 7) is -0.218. The summed E-state index contributed by atoms with van der Waals surface area (Å²) in [5, 5.41) is 9.29. The number of fused-ring (bicyclic) bond motifs is 3. The lowest BCUT2D eigenvalue weighted by atomic mass is 9.76. The largest absolute Gasteiger partial charge is 0.481 e. The number of carboxylic acid groups (broad SMARTS) is 1. The second-order valence-electron chi connectivity index (χ2n) is 11.7. The van der Waals surface area contributed by atoms with Crippen molar-refractivity contribution in [3.8, 4) is 0 Å². The number of hydrogen-bond acceptors (Lipinski definition) is 4. The Hall–Kier alpha value is -3.30. The molecule has 1 aliphatic heterocycles. The van der Waals surface area contributed by atoms with Crippen LogP contribution in [0.15, 0.2) is 41.3 Å². The standard InChI is InChI=1S/C29H26F9NO5S/c30-21-9-7-19(14-22(21)31)45(43,44)26-11-12-39(24(40)15-1-3-16(4-2-15)25(41)42)23(26)10-5-17-13-18(6-8-20(17)26)27(32,28(33,34)35)29(36,37)38/h6-9,13-16,23H,1-5,10-12H2,(H,41,42)/t15-,16-,23?,26?. The monoisotopic (exact) mass is 671 g/mol. The highest BCUT2D eigenvalue weighted by molar-refractivity contribution is 7.92. The lowest BCUT2D eigenvalue weighted by Crippen LogP contribution is -2.54. The fourth-order valence-corrected chi connectivity index (χ4v) is 9.55. The van der Waals surface area contributed by atoms with Gasteiger partial charge in [0, 0.05) is 18.0 Å². The van der Waals surface area contributed by atoms with E-state index in [1.54, 1.807) is 0 Å². The molecule has 3 aliphatic rings. The third kappa shape index (κ3) is 4.97. The van der Waals surface area contributed by atoms with Gasteiger partial charge in [-0.05, 0) is 74.3 Å². The molecule has 2 fully saturated rings. The molecule has 0 spiro atoms. The van der Waals surface area contributed by atoms with Crippen LogP contribution in [0.5, 0.6) is 0 Å². The molecular formula is C29H26F9NO5S. The maximum absolute atomic E-state index is 15.0. The first kappa shape index (κ1) is 33.1. The zero-order valence-corrected chi connectivity index (χ0v) is 24.0. The van der Waals surface area contributed by atoms with E-state index in [-0.39, 0.29) is 62.3 Å². The zero-order chi connectivity index (χ0) is 33.3. The van der Waals surface area contributed by atoms with Crippen molar-refractivity contribution < 1.29 is 62.6 Å². The van der Waals surface area contributed by atoms with Crippen molar-refractivity contribution in [1.82, 2.24) is 4.90 Å². The third-order valence-electron chi connectivity index (χ3n) is 9.46. The van der Waals surface area contributed by atoms with Crippen molar-refractivity contribution in [2.45, 2.75) is 78.7 Å². The summed E-state index contributed by atoms with van der Waals surface area (Å²) in [6.07, 6.45) is -13.1. The first-order valence-electron chi connectivity index (χ1n) is 14.0. The average molecular weight is 672 g/mol. The van der Waals surface area contributed by atoms with E-state index in [4.69, 9.17) is 0 Å². The van der Waals surface area contributed by atoms with Gasteiger partial charge in [0.15, 0.2) is 21.5 Å². The fraction of sp³-hybridized carbons (Fsp3) is 0.517. The molecule has 6 nitrogen and oxygen atoms in total. The molecule has 2 unspecified atom stereocenters. The number of carboxylic acids is 1. The molecule has 0 aromatic heterocycles. The van der Waals surface area contributed by atoms with Gasteiger partial charge in [0.05, 0.1) is 16.9 Å². The summed E-state index contributed by atoms with van der Waals surface area (Å²) in [5.41, 5.74) is -8.18. The van der Waals surface area contributed by atoms with Gasteiger partial charge in [0.2, 0.25) is 5.91 Å². The first-order valence-corrected chi connectivity index (χ1v) is 15.4. The molecule has 45 heavy (non-hydrogen) atoms. The van der Waals surface area contributed by atoms with Crippen LogP contribution in [0.4, 0.5) is 39.5 Å². The number of hydrogen-bond donors (Lipinski definition) is 1. The van der Waals surface area contributed by atoms with Gasteiger partial charge in [0.1, 0.15) is 4.75 Å². The normalized spacial score (nSPS) is 25.9. The van der Waals surface area contributed by atoms with E-state index in [2.05, 4.69) is 0 Å². The summed E-state index contributed by atoms with van der Waals surface area (Å²) in [4.78, 5) is 25.6. The van der Waals surface area contributed by atoms with Gasteiger partial charge >= 0.3 is 24.0 Å². The number of amides is 1. The highest BCUT2D eigenvalue weighted by Crippen LogP contribution is 2.57. The maximum Gasteiger partial charge on any atom is 0.435 e. The van der Waals surface area contributed by atoms with Crippen LogP contribution in [0.2, 0.25) is 0 Å². The molecule has 246 valence electrons. The van der Waals surface area contributed by atoms with Crippen molar-refractivity contribution in [3.63, 3.8) is 0 Å². The van der Waals surface area contributed by atoms with E-state index in [1.807, 2.05) is 0 Å². The van der Waals surface area contributed by atoms with Crippen LogP contribution < -0.4 is 0 Å². The zero-order valence-electron chi connectivity index (χ0n) is 23.2. The van der Waals surface area contributed by atoms with E-state index in [0.717, 1.165) is 6.07 Å². The van der Waals surface area contributed by atoms with Crippen LogP contribution in [-0.2, 0) is 36.3 Å². The molecule has 2 aliphatic carbocycles. The molecule has 2 aromatic rings. The topological polar surface area (TPSA) is 91.8 Å². The van der Waals surface area contributed by atoms with E-state index < -0.39 is 90.9 Å². The van der Waals surface area contributed by atoms with Crippen LogP contribution in [-0.4, -0.2) is 55.2 Å². The summed E-state index contributed by atoms with van der Waals surface area (Å²) in [6, 6.07) is 1.69. The number of carbonyl (C=O) groups excluding carboxylic acids is 1. The van der Waals surface area contributed by atoms with Crippen molar-refractivity contribution in [1.29, 1.82) is 0 Å². The van der Waals surface area contributed by atoms with Crippen molar-refractivity contribution in [2.24, 2.45) is 11.8 Å². The number of sulfone groups is 1. The smallest absolute Gasteiger partial charge is 0.435 e. The Morgan fingerprint density at radius 1 is 0.822 bits per heavy atom. The van der Waals surface area contributed by atoms with E-state index in [1.165, 1.54) is 4.90 Å². The molecule has 1 saturated carbocycles. The number of nitrogens with zero attached hydrogens (tertiary/aromatic N) is 1. The Kier molecular flexibility index (Phi) is 8.01. The van der Waals surface area contributed by atoms with Gasteiger partial charge in [-0.2, -0.15) is 26.3 Å². The molecule has 1 amide bonds. The molecule has 1 N–H and O–H groups in total. The lowest BCUT2D eigenvalue weighted by molar-refractivity contribution is -0.348. The number of aryl methyl sites for hydroxylation is 1. The molecule has 0 bridgehead atoms. The van der Waals surface area contributed by atoms with Gasteiger partial charge in [-0.3, -0.25) is 9.59 Å². The van der Waals surface area contributed by atoms with Gasteiger partial charge in [-0.25, -0.2) is 21.6 Å². The summed E-state index contributed by atoms with van der Waals surface area (Å²) < 4.78 is 151. The van der Waals surface area contributed by atoms with E-state index in [9.17, 15) is 62.6 Å². The van der Waals surface area contributed by atoms with Crippen LogP contribution >= 0.6 is 0 Å². The van der Waals surface area contributed by atoms with Crippen molar-refractivity contribution >= 4 is 21.7 Å². The summed E-state index contributed by atoms with van der Waals surface area (Å²) >= 11 is 0. The summed E-state index contributed by atoms with van der Waals surface area (Å²) in [5.74, 6) is -5.76. The number of rotatable bonds is 5. The second-order valence-corrected chi connectivity index (χ2v) is 13.9. The molecule has 0 radical (unpaired) electrons. The number of carbonyl (C=O) groups is 2. The highest BCUT2D eigenvalue weighted by Gasteiger charge is 2.74. The number of halogens is 9. The van der Waals surface area contributed by atoms with Gasteiger partial charge < -0.3 is 10.0 Å². The van der Waals surface area contributed by atoms with E-state index >= 15 is 0 Å². The van der Waals surface area contributed by atoms with E-state index in [0.29, 0.717) is 24.3 Å². The minimum absolute atomic E-state index is 0.190.